The van der Waals surface area contributed by atoms with E-state index in [4.69, 9.17) is 10.5 Å². The number of hydrogen-bond acceptors (Lipinski definition) is 5. The van der Waals surface area contributed by atoms with Crippen LogP contribution in [0.5, 0.6) is 5.88 Å². The Balaban J connectivity index is 2.05. The SMILES string of the molecule is COc1nnc(CC2CCSC2)cc1N. The fourth-order valence-electron chi connectivity index (χ4n) is 1.74. The molecule has 0 aliphatic carbocycles. The number of aromatic nitrogens is 2. The number of thioether (sulfide) groups is 1. The van der Waals surface area contributed by atoms with E-state index in [1.54, 1.807) is 7.11 Å². The van der Waals surface area contributed by atoms with Crippen molar-refractivity contribution < 1.29 is 4.74 Å². The average Bonchev–Trinajstić information content (AvgIpc) is 2.71. The highest BCUT2D eigenvalue weighted by Crippen LogP contribution is 2.27. The zero-order valence-corrected chi connectivity index (χ0v) is 9.59. The molecule has 5 heteroatoms. The zero-order valence-electron chi connectivity index (χ0n) is 8.77. The molecule has 1 unspecified atom stereocenters. The van der Waals surface area contributed by atoms with Crippen LogP contribution < -0.4 is 10.5 Å². The largest absolute Gasteiger partial charge is 0.478 e. The molecule has 0 saturated carbocycles. The molecular formula is C10H15N3OS. The van der Waals surface area contributed by atoms with Gasteiger partial charge in [-0.15, -0.1) is 5.10 Å². The lowest BCUT2D eigenvalue weighted by atomic mass is 10.0. The van der Waals surface area contributed by atoms with Gasteiger partial charge in [-0.05, 0) is 36.3 Å². The van der Waals surface area contributed by atoms with E-state index in [2.05, 4.69) is 10.2 Å². The van der Waals surface area contributed by atoms with Gasteiger partial charge in [0.1, 0.15) is 0 Å². The fourth-order valence-corrected chi connectivity index (χ4v) is 3.02. The quantitative estimate of drug-likeness (QED) is 0.841. The zero-order chi connectivity index (χ0) is 10.7. The second-order valence-corrected chi connectivity index (χ2v) is 4.88. The summed E-state index contributed by atoms with van der Waals surface area (Å²) in [4.78, 5) is 0. The van der Waals surface area contributed by atoms with Gasteiger partial charge in [-0.1, -0.05) is 0 Å². The summed E-state index contributed by atoms with van der Waals surface area (Å²) in [5, 5.41) is 8.04. The van der Waals surface area contributed by atoms with Crippen LogP contribution in [-0.2, 0) is 6.42 Å². The van der Waals surface area contributed by atoms with Crippen molar-refractivity contribution in [3.05, 3.63) is 11.8 Å². The standard InChI is InChI=1S/C10H15N3OS/c1-14-10-9(11)5-8(12-13-10)4-7-2-3-15-6-7/h5,7H,2-4,6H2,1H3,(H2,11,12). The van der Waals surface area contributed by atoms with Crippen molar-refractivity contribution in [2.45, 2.75) is 12.8 Å². The van der Waals surface area contributed by atoms with Crippen molar-refractivity contribution in [1.82, 2.24) is 10.2 Å². The number of anilines is 1. The van der Waals surface area contributed by atoms with E-state index in [1.807, 2.05) is 17.8 Å². The first-order valence-electron chi connectivity index (χ1n) is 5.03. The van der Waals surface area contributed by atoms with Crippen LogP contribution >= 0.6 is 11.8 Å². The number of nitrogens with two attached hydrogens (primary N) is 1. The van der Waals surface area contributed by atoms with E-state index in [0.717, 1.165) is 18.0 Å². The molecule has 1 saturated heterocycles. The second-order valence-electron chi connectivity index (χ2n) is 3.73. The summed E-state index contributed by atoms with van der Waals surface area (Å²) < 4.78 is 4.97. The van der Waals surface area contributed by atoms with Crippen LogP contribution in [0.15, 0.2) is 6.07 Å². The molecule has 0 spiro atoms. The van der Waals surface area contributed by atoms with Gasteiger partial charge < -0.3 is 10.5 Å². The van der Waals surface area contributed by atoms with Crippen LogP contribution in [0.2, 0.25) is 0 Å². The molecule has 1 aliphatic rings. The van der Waals surface area contributed by atoms with E-state index in [-0.39, 0.29) is 0 Å². The summed E-state index contributed by atoms with van der Waals surface area (Å²) >= 11 is 2.01. The number of methoxy groups -OCH3 is 1. The van der Waals surface area contributed by atoms with Crippen molar-refractivity contribution in [2.24, 2.45) is 5.92 Å². The van der Waals surface area contributed by atoms with E-state index >= 15 is 0 Å². The maximum atomic E-state index is 5.77. The number of nitrogens with zero attached hydrogens (tertiary/aromatic N) is 2. The summed E-state index contributed by atoms with van der Waals surface area (Å²) in [5.41, 5.74) is 7.32. The summed E-state index contributed by atoms with van der Waals surface area (Å²) in [5.74, 6) is 3.65. The molecule has 0 aromatic carbocycles. The highest BCUT2D eigenvalue weighted by Gasteiger charge is 2.17. The first kappa shape index (κ1) is 10.5. The Labute approximate surface area is 93.6 Å². The Hall–Kier alpha value is -0.970. The van der Waals surface area contributed by atoms with Gasteiger partial charge in [0, 0.05) is 0 Å². The molecule has 1 atom stereocenters. The van der Waals surface area contributed by atoms with Crippen molar-refractivity contribution in [3.8, 4) is 5.88 Å². The van der Waals surface area contributed by atoms with Gasteiger partial charge in [-0.2, -0.15) is 16.9 Å². The highest BCUT2D eigenvalue weighted by atomic mass is 32.2. The smallest absolute Gasteiger partial charge is 0.256 e. The van der Waals surface area contributed by atoms with E-state index in [1.165, 1.54) is 17.9 Å². The maximum Gasteiger partial charge on any atom is 0.256 e. The Morgan fingerprint density at radius 3 is 3.07 bits per heavy atom. The van der Waals surface area contributed by atoms with Crippen molar-refractivity contribution in [3.63, 3.8) is 0 Å². The first-order valence-corrected chi connectivity index (χ1v) is 6.19. The van der Waals surface area contributed by atoms with Crippen molar-refractivity contribution >= 4 is 17.4 Å². The fraction of sp³-hybridized carbons (Fsp3) is 0.600. The van der Waals surface area contributed by atoms with Crippen LogP contribution in [-0.4, -0.2) is 28.8 Å². The molecule has 2 heterocycles. The van der Waals surface area contributed by atoms with Crippen LogP contribution in [0.4, 0.5) is 5.69 Å². The maximum absolute atomic E-state index is 5.77. The molecule has 2 rings (SSSR count). The lowest BCUT2D eigenvalue weighted by molar-refractivity contribution is 0.393. The predicted octanol–water partition coefficient (Wildman–Crippen LogP) is 1.36. The Bertz CT molecular complexity index is 339. The lowest BCUT2D eigenvalue weighted by Crippen LogP contribution is -2.07. The highest BCUT2D eigenvalue weighted by molar-refractivity contribution is 7.99. The van der Waals surface area contributed by atoms with Gasteiger partial charge in [-0.25, -0.2) is 0 Å². The molecule has 1 fully saturated rings. The summed E-state index contributed by atoms with van der Waals surface area (Å²) in [6.07, 6.45) is 2.26. The third-order valence-corrected chi connectivity index (χ3v) is 3.78. The van der Waals surface area contributed by atoms with Gasteiger partial charge in [0.05, 0.1) is 18.5 Å². The van der Waals surface area contributed by atoms with Crippen LogP contribution in [0.25, 0.3) is 0 Å². The first-order chi connectivity index (χ1) is 7.29. The van der Waals surface area contributed by atoms with E-state index in [0.29, 0.717) is 11.6 Å². The van der Waals surface area contributed by atoms with Crippen LogP contribution in [0.3, 0.4) is 0 Å². The Morgan fingerprint density at radius 2 is 2.47 bits per heavy atom. The molecule has 0 radical (unpaired) electrons. The Kier molecular flexibility index (Phi) is 3.30. The molecule has 0 bridgehead atoms. The van der Waals surface area contributed by atoms with E-state index in [9.17, 15) is 0 Å². The number of ether oxygens (including phenoxy) is 1. The van der Waals surface area contributed by atoms with Crippen LogP contribution in [0.1, 0.15) is 12.1 Å². The monoisotopic (exact) mass is 225 g/mol. The van der Waals surface area contributed by atoms with Crippen LogP contribution in [0, 0.1) is 5.92 Å². The van der Waals surface area contributed by atoms with Gasteiger partial charge in [-0.3, -0.25) is 0 Å². The van der Waals surface area contributed by atoms with Crippen molar-refractivity contribution in [2.75, 3.05) is 24.3 Å². The minimum atomic E-state index is 0.416. The molecule has 1 aliphatic heterocycles. The number of nitrogen functional groups attached to an aromatic ring is 1. The van der Waals surface area contributed by atoms with Gasteiger partial charge >= 0.3 is 0 Å². The Morgan fingerprint density at radius 1 is 1.60 bits per heavy atom. The summed E-state index contributed by atoms with van der Waals surface area (Å²) in [6, 6.07) is 1.87. The molecule has 4 nitrogen and oxygen atoms in total. The molecule has 1 aromatic heterocycles. The minimum Gasteiger partial charge on any atom is -0.478 e. The number of hydrogen-bond donors (Lipinski definition) is 1. The molecule has 1 aromatic rings. The molecule has 82 valence electrons. The topological polar surface area (TPSA) is 61.0 Å². The van der Waals surface area contributed by atoms with E-state index < -0.39 is 0 Å². The summed E-state index contributed by atoms with van der Waals surface area (Å²) in [6.45, 7) is 0. The average molecular weight is 225 g/mol. The summed E-state index contributed by atoms with van der Waals surface area (Å²) in [7, 11) is 1.55. The van der Waals surface area contributed by atoms with Gasteiger partial charge in [0.25, 0.3) is 5.88 Å². The molecule has 0 amide bonds. The lowest BCUT2D eigenvalue weighted by Gasteiger charge is -2.08. The third kappa shape index (κ3) is 2.53. The van der Waals surface area contributed by atoms with Crippen molar-refractivity contribution in [1.29, 1.82) is 0 Å². The minimum absolute atomic E-state index is 0.416. The predicted molar refractivity (Wildman–Crippen MR) is 62.1 cm³/mol. The normalized spacial score (nSPS) is 20.5. The van der Waals surface area contributed by atoms with Gasteiger partial charge in [0.15, 0.2) is 0 Å². The van der Waals surface area contributed by atoms with Gasteiger partial charge in [0.2, 0.25) is 0 Å². The molecule has 15 heavy (non-hydrogen) atoms. The number of rotatable bonds is 3. The molecular weight excluding hydrogens is 210 g/mol. The second kappa shape index (κ2) is 4.70. The molecule has 2 N–H and O–H groups in total. The third-order valence-electron chi connectivity index (χ3n) is 2.55.